The number of methoxy groups -OCH3 is 1. The largest absolute Gasteiger partial charge is 0.497 e. The van der Waals surface area contributed by atoms with E-state index in [1.165, 1.54) is 5.56 Å². The number of aliphatic hydroxyl groups excluding tert-OH is 1. The molecule has 1 aliphatic heterocycles. The summed E-state index contributed by atoms with van der Waals surface area (Å²) >= 11 is 0. The van der Waals surface area contributed by atoms with E-state index in [1.807, 2.05) is 12.1 Å². The third-order valence-electron chi connectivity index (χ3n) is 3.53. The van der Waals surface area contributed by atoms with Gasteiger partial charge in [-0.05, 0) is 49.5 Å². The van der Waals surface area contributed by atoms with Gasteiger partial charge in [0.15, 0.2) is 0 Å². The van der Waals surface area contributed by atoms with E-state index in [9.17, 15) is 0 Å². The molecule has 94 valence electrons. The molecule has 1 heterocycles. The van der Waals surface area contributed by atoms with Gasteiger partial charge in [-0.15, -0.1) is 0 Å². The van der Waals surface area contributed by atoms with Gasteiger partial charge in [-0.2, -0.15) is 0 Å². The first kappa shape index (κ1) is 12.4. The first-order chi connectivity index (χ1) is 8.31. The number of nitrogens with zero attached hydrogens (tertiary/aromatic N) is 1. The van der Waals surface area contributed by atoms with Crippen LogP contribution in [-0.4, -0.2) is 36.8 Å². The van der Waals surface area contributed by atoms with Gasteiger partial charge in [-0.25, -0.2) is 0 Å². The first-order valence-corrected chi connectivity index (χ1v) is 6.28. The quantitative estimate of drug-likeness (QED) is 0.865. The van der Waals surface area contributed by atoms with Crippen molar-refractivity contribution in [3.8, 4) is 5.75 Å². The van der Waals surface area contributed by atoms with Crippen molar-refractivity contribution in [1.29, 1.82) is 0 Å². The lowest BCUT2D eigenvalue weighted by molar-refractivity contribution is 0.127. The second-order valence-corrected chi connectivity index (χ2v) is 4.75. The molecule has 17 heavy (non-hydrogen) atoms. The summed E-state index contributed by atoms with van der Waals surface area (Å²) in [6.45, 7) is 3.53. The van der Waals surface area contributed by atoms with Gasteiger partial charge in [0, 0.05) is 13.2 Å². The SMILES string of the molecule is COc1ccc(CN2CCC(CO)CC2)cc1. The summed E-state index contributed by atoms with van der Waals surface area (Å²) in [5.41, 5.74) is 1.33. The van der Waals surface area contributed by atoms with Crippen LogP contribution in [0.4, 0.5) is 0 Å². The number of benzene rings is 1. The number of likely N-dealkylation sites (tertiary alicyclic amines) is 1. The third kappa shape index (κ3) is 3.45. The number of hydrogen-bond acceptors (Lipinski definition) is 3. The molecular weight excluding hydrogens is 214 g/mol. The Morgan fingerprint density at radius 2 is 1.88 bits per heavy atom. The Morgan fingerprint density at radius 1 is 1.24 bits per heavy atom. The standard InChI is InChI=1S/C14H21NO2/c1-17-14-4-2-12(3-5-14)10-15-8-6-13(11-16)7-9-15/h2-5,13,16H,6-11H2,1H3. The molecule has 0 atom stereocenters. The van der Waals surface area contributed by atoms with Gasteiger partial charge in [0.25, 0.3) is 0 Å². The topological polar surface area (TPSA) is 32.7 Å². The lowest BCUT2D eigenvalue weighted by Gasteiger charge is -2.31. The second-order valence-electron chi connectivity index (χ2n) is 4.75. The van der Waals surface area contributed by atoms with E-state index in [-0.39, 0.29) is 0 Å². The first-order valence-electron chi connectivity index (χ1n) is 6.28. The number of piperidine rings is 1. The molecule has 3 nitrogen and oxygen atoms in total. The molecule has 1 fully saturated rings. The highest BCUT2D eigenvalue weighted by molar-refractivity contribution is 5.27. The molecule has 0 unspecified atom stereocenters. The number of hydrogen-bond donors (Lipinski definition) is 1. The zero-order chi connectivity index (χ0) is 12.1. The molecule has 1 aliphatic rings. The maximum absolute atomic E-state index is 9.09. The van der Waals surface area contributed by atoms with Gasteiger partial charge in [-0.1, -0.05) is 12.1 Å². The molecule has 0 aromatic heterocycles. The van der Waals surface area contributed by atoms with E-state index in [4.69, 9.17) is 9.84 Å². The molecular formula is C14H21NO2. The molecule has 2 rings (SSSR count). The molecule has 1 aromatic carbocycles. The van der Waals surface area contributed by atoms with Gasteiger partial charge < -0.3 is 9.84 Å². The van der Waals surface area contributed by atoms with Crippen LogP contribution in [0, 0.1) is 5.92 Å². The van der Waals surface area contributed by atoms with Crippen molar-refractivity contribution in [2.24, 2.45) is 5.92 Å². The van der Waals surface area contributed by atoms with Crippen LogP contribution in [0.5, 0.6) is 5.75 Å². The summed E-state index contributed by atoms with van der Waals surface area (Å²) < 4.78 is 5.15. The number of aliphatic hydroxyl groups is 1. The summed E-state index contributed by atoms with van der Waals surface area (Å²) in [6.07, 6.45) is 2.24. The summed E-state index contributed by atoms with van der Waals surface area (Å²) in [5, 5.41) is 9.09. The van der Waals surface area contributed by atoms with Gasteiger partial charge in [0.1, 0.15) is 5.75 Å². The van der Waals surface area contributed by atoms with Crippen LogP contribution in [0.2, 0.25) is 0 Å². The number of rotatable bonds is 4. The van der Waals surface area contributed by atoms with Crippen molar-refractivity contribution in [3.05, 3.63) is 29.8 Å². The predicted molar refractivity (Wildman–Crippen MR) is 68.1 cm³/mol. The molecule has 0 bridgehead atoms. The molecule has 0 spiro atoms. The smallest absolute Gasteiger partial charge is 0.118 e. The average molecular weight is 235 g/mol. The average Bonchev–Trinajstić information content (AvgIpc) is 2.40. The molecule has 1 aromatic rings. The van der Waals surface area contributed by atoms with Gasteiger partial charge in [0.05, 0.1) is 7.11 Å². The summed E-state index contributed by atoms with van der Waals surface area (Å²) in [6, 6.07) is 8.26. The summed E-state index contributed by atoms with van der Waals surface area (Å²) in [4.78, 5) is 2.45. The van der Waals surface area contributed by atoms with Crippen LogP contribution < -0.4 is 4.74 Å². The minimum atomic E-state index is 0.344. The molecule has 3 heteroatoms. The predicted octanol–water partition coefficient (Wildman–Crippen LogP) is 1.90. The highest BCUT2D eigenvalue weighted by atomic mass is 16.5. The zero-order valence-electron chi connectivity index (χ0n) is 10.4. The summed E-state index contributed by atoms with van der Waals surface area (Å²) in [7, 11) is 1.69. The van der Waals surface area contributed by atoms with E-state index in [0.717, 1.165) is 38.2 Å². The molecule has 0 amide bonds. The van der Waals surface area contributed by atoms with Gasteiger partial charge in [0.2, 0.25) is 0 Å². The van der Waals surface area contributed by atoms with Crippen molar-refractivity contribution < 1.29 is 9.84 Å². The Labute approximate surface area is 103 Å². The maximum Gasteiger partial charge on any atom is 0.118 e. The Kier molecular flexibility index (Phi) is 4.40. The van der Waals surface area contributed by atoms with Crippen LogP contribution in [-0.2, 0) is 6.54 Å². The number of ether oxygens (including phenoxy) is 1. The van der Waals surface area contributed by atoms with Crippen LogP contribution in [0.15, 0.2) is 24.3 Å². The lowest BCUT2D eigenvalue weighted by Crippen LogP contribution is -2.34. The fourth-order valence-corrected chi connectivity index (χ4v) is 2.32. The fraction of sp³-hybridized carbons (Fsp3) is 0.571. The van der Waals surface area contributed by atoms with Crippen molar-refractivity contribution in [2.75, 3.05) is 26.8 Å². The van der Waals surface area contributed by atoms with E-state index < -0.39 is 0 Å². The van der Waals surface area contributed by atoms with Crippen molar-refractivity contribution in [3.63, 3.8) is 0 Å². The van der Waals surface area contributed by atoms with Gasteiger partial charge in [-0.3, -0.25) is 4.90 Å². The third-order valence-corrected chi connectivity index (χ3v) is 3.53. The Morgan fingerprint density at radius 3 is 2.41 bits per heavy atom. The van der Waals surface area contributed by atoms with Gasteiger partial charge >= 0.3 is 0 Å². The molecule has 0 saturated carbocycles. The van der Waals surface area contributed by atoms with Crippen molar-refractivity contribution in [1.82, 2.24) is 4.90 Å². The molecule has 1 saturated heterocycles. The molecule has 0 aliphatic carbocycles. The zero-order valence-corrected chi connectivity index (χ0v) is 10.4. The molecule has 1 N–H and O–H groups in total. The van der Waals surface area contributed by atoms with Crippen molar-refractivity contribution >= 4 is 0 Å². The summed E-state index contributed by atoms with van der Waals surface area (Å²) in [5.74, 6) is 1.43. The van der Waals surface area contributed by atoms with E-state index in [1.54, 1.807) is 7.11 Å². The Hall–Kier alpha value is -1.06. The lowest BCUT2D eigenvalue weighted by atomic mass is 9.97. The van der Waals surface area contributed by atoms with Crippen molar-refractivity contribution in [2.45, 2.75) is 19.4 Å². The Bertz CT molecular complexity index is 329. The minimum absolute atomic E-state index is 0.344. The van der Waals surface area contributed by atoms with E-state index >= 15 is 0 Å². The fourth-order valence-electron chi connectivity index (χ4n) is 2.32. The maximum atomic E-state index is 9.09. The second kappa shape index (κ2) is 6.03. The molecule has 0 radical (unpaired) electrons. The van der Waals surface area contributed by atoms with Crippen LogP contribution >= 0.6 is 0 Å². The Balaban J connectivity index is 1.84. The van der Waals surface area contributed by atoms with Crippen LogP contribution in [0.1, 0.15) is 18.4 Å². The van der Waals surface area contributed by atoms with E-state index in [2.05, 4.69) is 17.0 Å². The monoisotopic (exact) mass is 235 g/mol. The highest BCUT2D eigenvalue weighted by Crippen LogP contribution is 2.19. The highest BCUT2D eigenvalue weighted by Gasteiger charge is 2.18. The minimum Gasteiger partial charge on any atom is -0.497 e. The van der Waals surface area contributed by atoms with E-state index in [0.29, 0.717) is 12.5 Å². The van der Waals surface area contributed by atoms with Crippen LogP contribution in [0.25, 0.3) is 0 Å². The normalized spacial score (nSPS) is 18.2. The van der Waals surface area contributed by atoms with Crippen LogP contribution in [0.3, 0.4) is 0 Å².